The Hall–Kier alpha value is -2.93. The lowest BCUT2D eigenvalue weighted by molar-refractivity contribution is -0.144. The highest BCUT2D eigenvalue weighted by molar-refractivity contribution is 5.78. The number of piperazine rings is 1. The van der Waals surface area contributed by atoms with Gasteiger partial charge in [0, 0.05) is 32.7 Å². The fourth-order valence-corrected chi connectivity index (χ4v) is 4.05. The monoisotopic (exact) mass is 481 g/mol. The Bertz CT molecular complexity index is 860. The lowest BCUT2D eigenvalue weighted by atomic mass is 10.0. The molecular formula is C22H31N3O9. The fourth-order valence-electron chi connectivity index (χ4n) is 4.05. The highest BCUT2D eigenvalue weighted by atomic mass is 16.5. The van der Waals surface area contributed by atoms with Crippen LogP contribution in [0, 0.1) is 0 Å². The number of rotatable bonds is 10. The van der Waals surface area contributed by atoms with Crippen LogP contribution < -0.4 is 15.0 Å². The maximum absolute atomic E-state index is 12.8. The molecule has 1 aromatic rings. The van der Waals surface area contributed by atoms with Crippen molar-refractivity contribution in [1.82, 2.24) is 10.2 Å². The highest BCUT2D eigenvalue weighted by Gasteiger charge is 2.44. The van der Waals surface area contributed by atoms with Crippen LogP contribution in [0.5, 0.6) is 5.75 Å². The third kappa shape index (κ3) is 6.56. The first-order valence-electron chi connectivity index (χ1n) is 11.0. The number of carbonyl (C=O) groups excluding carboxylic acids is 2. The van der Waals surface area contributed by atoms with Gasteiger partial charge in [-0.2, -0.15) is 0 Å². The van der Waals surface area contributed by atoms with Gasteiger partial charge in [0.05, 0.1) is 25.3 Å². The van der Waals surface area contributed by atoms with Crippen molar-refractivity contribution in [2.75, 3.05) is 57.9 Å². The molecule has 4 N–H and O–H groups in total. The van der Waals surface area contributed by atoms with E-state index in [-0.39, 0.29) is 18.9 Å². The van der Waals surface area contributed by atoms with Crippen LogP contribution in [0.2, 0.25) is 0 Å². The number of aliphatic hydroxyl groups excluding tert-OH is 2. The number of para-hydroxylation sites is 2. The minimum atomic E-state index is -1.28. The normalized spacial score (nSPS) is 24.7. The van der Waals surface area contributed by atoms with E-state index < -0.39 is 49.5 Å². The van der Waals surface area contributed by atoms with Gasteiger partial charge in [-0.05, 0) is 12.1 Å². The van der Waals surface area contributed by atoms with E-state index >= 15 is 0 Å². The van der Waals surface area contributed by atoms with E-state index in [1.54, 1.807) is 12.0 Å². The van der Waals surface area contributed by atoms with Gasteiger partial charge in [-0.1, -0.05) is 12.1 Å². The molecule has 0 aromatic heterocycles. The average Bonchev–Trinajstić information content (AvgIpc) is 3.10. The number of anilines is 1. The first kappa shape index (κ1) is 25.7. The van der Waals surface area contributed by atoms with E-state index in [0.29, 0.717) is 26.2 Å². The molecular weight excluding hydrogens is 450 g/mol. The molecule has 2 saturated heterocycles. The number of aliphatic hydroxyl groups is 2. The molecule has 1 aromatic carbocycles. The zero-order valence-corrected chi connectivity index (χ0v) is 19.0. The quantitative estimate of drug-likeness (QED) is 0.308. The van der Waals surface area contributed by atoms with Crippen molar-refractivity contribution < 1.29 is 43.9 Å². The molecule has 0 bridgehead atoms. The minimum Gasteiger partial charge on any atom is -0.495 e. The van der Waals surface area contributed by atoms with E-state index in [2.05, 4.69) is 15.0 Å². The summed E-state index contributed by atoms with van der Waals surface area (Å²) in [7, 11) is 1.62. The van der Waals surface area contributed by atoms with Gasteiger partial charge < -0.3 is 44.6 Å². The van der Waals surface area contributed by atoms with Crippen LogP contribution in [-0.2, 0) is 23.9 Å². The summed E-state index contributed by atoms with van der Waals surface area (Å²) in [5.74, 6) is -1.20. The molecule has 0 saturated carbocycles. The second-order valence-corrected chi connectivity index (χ2v) is 8.13. The molecule has 2 aliphatic heterocycles. The number of ether oxygens (including phenoxy) is 3. The van der Waals surface area contributed by atoms with Crippen molar-refractivity contribution in [2.45, 2.75) is 30.8 Å². The molecule has 188 valence electrons. The number of carbonyl (C=O) groups is 3. The summed E-state index contributed by atoms with van der Waals surface area (Å²) in [6.07, 6.45) is -4.46. The van der Waals surface area contributed by atoms with Gasteiger partial charge in [0.1, 0.15) is 37.3 Å². The Labute approximate surface area is 197 Å². The molecule has 0 aliphatic carbocycles. The van der Waals surface area contributed by atoms with Crippen LogP contribution in [0.1, 0.15) is 6.42 Å². The van der Waals surface area contributed by atoms with Crippen LogP contribution in [0.4, 0.5) is 5.69 Å². The van der Waals surface area contributed by atoms with E-state index in [1.165, 1.54) is 0 Å². The molecule has 12 heteroatoms. The van der Waals surface area contributed by atoms with E-state index in [4.69, 9.17) is 14.6 Å². The molecule has 2 heterocycles. The van der Waals surface area contributed by atoms with Gasteiger partial charge >= 0.3 is 5.97 Å². The molecule has 0 spiro atoms. The molecule has 4 atom stereocenters. The number of hydrogen-bond donors (Lipinski definition) is 4. The topological polar surface area (TPSA) is 158 Å². The molecule has 3 rings (SSSR count). The van der Waals surface area contributed by atoms with Crippen LogP contribution in [0.3, 0.4) is 0 Å². The number of amides is 2. The first-order chi connectivity index (χ1) is 16.3. The number of methoxy groups -OCH3 is 1. The molecule has 2 aliphatic rings. The van der Waals surface area contributed by atoms with E-state index in [0.717, 1.165) is 11.4 Å². The van der Waals surface area contributed by atoms with Crippen LogP contribution in [-0.4, -0.2) is 115 Å². The molecule has 0 radical (unpaired) electrons. The summed E-state index contributed by atoms with van der Waals surface area (Å²) in [6.45, 7) is 1.07. The van der Waals surface area contributed by atoms with Crippen LogP contribution in [0.15, 0.2) is 24.3 Å². The Kier molecular flexibility index (Phi) is 9.05. The summed E-state index contributed by atoms with van der Waals surface area (Å²) < 4.78 is 15.7. The van der Waals surface area contributed by atoms with Crippen LogP contribution in [0.25, 0.3) is 0 Å². The second-order valence-electron chi connectivity index (χ2n) is 8.13. The highest BCUT2D eigenvalue weighted by Crippen LogP contribution is 2.29. The fraction of sp³-hybridized carbons (Fsp3) is 0.591. The number of aliphatic carboxylic acids is 1. The summed E-state index contributed by atoms with van der Waals surface area (Å²) in [5.41, 5.74) is 0.966. The van der Waals surface area contributed by atoms with Gasteiger partial charge in [0.25, 0.3) is 0 Å². The van der Waals surface area contributed by atoms with Crippen molar-refractivity contribution >= 4 is 23.5 Å². The number of carboxylic acids is 1. The third-order valence-corrected chi connectivity index (χ3v) is 5.85. The maximum Gasteiger partial charge on any atom is 0.329 e. The smallest absolute Gasteiger partial charge is 0.329 e. The van der Waals surface area contributed by atoms with Crippen molar-refractivity contribution in [1.29, 1.82) is 0 Å². The van der Waals surface area contributed by atoms with Gasteiger partial charge in [0.15, 0.2) is 0 Å². The predicted molar refractivity (Wildman–Crippen MR) is 119 cm³/mol. The van der Waals surface area contributed by atoms with Gasteiger partial charge in [0.2, 0.25) is 11.8 Å². The lowest BCUT2D eigenvalue weighted by Crippen LogP contribution is -2.50. The first-order valence-corrected chi connectivity index (χ1v) is 11.0. The lowest BCUT2D eigenvalue weighted by Gasteiger charge is -2.37. The standard InChI is InChI=1S/C22H31N3O9/c1-32-15-5-3-2-4-14(15)24-6-8-25(9-7-24)19(27)10-16-21(30)22(31)17(34-16)11-23-18(26)12-33-13-20(28)29/h2-5,16-17,21-22,30-31H,6-13H2,1H3,(H,23,26)(H,28,29)/t16-,17-,21+,22-/m1/s1. The zero-order chi connectivity index (χ0) is 24.7. The second kappa shape index (κ2) is 12.0. The number of nitrogens with one attached hydrogen (secondary N) is 1. The Morgan fingerprint density at radius 2 is 1.74 bits per heavy atom. The summed E-state index contributed by atoms with van der Waals surface area (Å²) in [6, 6.07) is 7.69. The largest absolute Gasteiger partial charge is 0.495 e. The van der Waals surface area contributed by atoms with E-state index in [9.17, 15) is 24.6 Å². The van der Waals surface area contributed by atoms with Crippen molar-refractivity contribution in [3.8, 4) is 5.75 Å². The number of nitrogens with zero attached hydrogens (tertiary/aromatic N) is 2. The van der Waals surface area contributed by atoms with Crippen LogP contribution >= 0.6 is 0 Å². The molecule has 2 amide bonds. The Morgan fingerprint density at radius 1 is 1.06 bits per heavy atom. The molecule has 2 fully saturated rings. The van der Waals surface area contributed by atoms with Gasteiger partial charge in [-0.25, -0.2) is 4.79 Å². The van der Waals surface area contributed by atoms with Crippen molar-refractivity contribution in [3.05, 3.63) is 24.3 Å². The Balaban J connectivity index is 1.44. The average molecular weight is 482 g/mol. The number of hydrogen-bond acceptors (Lipinski definition) is 9. The molecule has 0 unspecified atom stereocenters. The summed E-state index contributed by atoms with van der Waals surface area (Å²) >= 11 is 0. The SMILES string of the molecule is COc1ccccc1N1CCN(C(=O)C[C@H]2O[C@H](CNC(=O)COCC(=O)O)[C@@H](O)[C@H]2O)CC1. The zero-order valence-electron chi connectivity index (χ0n) is 19.0. The van der Waals surface area contributed by atoms with Gasteiger partial charge in [-0.15, -0.1) is 0 Å². The molecule has 34 heavy (non-hydrogen) atoms. The summed E-state index contributed by atoms with van der Waals surface area (Å²) in [5, 5.41) is 31.5. The minimum absolute atomic E-state index is 0.0982. The number of carboxylic acid groups (broad SMARTS) is 1. The van der Waals surface area contributed by atoms with Gasteiger partial charge in [-0.3, -0.25) is 9.59 Å². The number of benzene rings is 1. The third-order valence-electron chi connectivity index (χ3n) is 5.85. The van der Waals surface area contributed by atoms with E-state index in [1.807, 2.05) is 24.3 Å². The predicted octanol–water partition coefficient (Wildman–Crippen LogP) is -1.56. The maximum atomic E-state index is 12.8. The van der Waals surface area contributed by atoms with Crippen molar-refractivity contribution in [3.63, 3.8) is 0 Å². The van der Waals surface area contributed by atoms with Crippen molar-refractivity contribution in [2.24, 2.45) is 0 Å². The summed E-state index contributed by atoms with van der Waals surface area (Å²) in [4.78, 5) is 38.7. The molecule has 12 nitrogen and oxygen atoms in total. The Morgan fingerprint density at radius 3 is 2.41 bits per heavy atom.